The first-order valence-corrected chi connectivity index (χ1v) is 8.53. The van der Waals surface area contributed by atoms with Crippen LogP contribution in [-0.4, -0.2) is 33.8 Å². The Hall–Kier alpha value is -1.56. The molecule has 6 heteroatoms. The maximum atomic E-state index is 11.0. The van der Waals surface area contributed by atoms with E-state index in [-0.39, 0.29) is 10.6 Å². The first-order valence-electron chi connectivity index (χ1n) is 7.55. The van der Waals surface area contributed by atoms with Gasteiger partial charge in [0, 0.05) is 30.5 Å². The van der Waals surface area contributed by atoms with Crippen LogP contribution in [0, 0.1) is 29.9 Å². The summed E-state index contributed by atoms with van der Waals surface area (Å²) in [5.74, 6) is 1.68. The Labute approximate surface area is 136 Å². The van der Waals surface area contributed by atoms with Crippen LogP contribution in [0.5, 0.6) is 0 Å². The van der Waals surface area contributed by atoms with Crippen molar-refractivity contribution in [2.45, 2.75) is 40.2 Å². The standard InChI is InChI=1S/C16H23N3O2S/c1-6-10(2)15-9-22-16(18(15)5)17-13-7-12(4)14(19(20)21)8-11(13)3/h7-8,10,15H,6,9H2,1-5H3/t10?,15-/m1/s1. The van der Waals surface area contributed by atoms with Crippen LogP contribution in [0.4, 0.5) is 11.4 Å². The average Bonchev–Trinajstić information content (AvgIpc) is 2.82. The average molecular weight is 321 g/mol. The van der Waals surface area contributed by atoms with Gasteiger partial charge < -0.3 is 4.90 Å². The minimum atomic E-state index is -0.339. The molecule has 0 amide bonds. The van der Waals surface area contributed by atoms with Gasteiger partial charge in [0.1, 0.15) is 0 Å². The van der Waals surface area contributed by atoms with Gasteiger partial charge >= 0.3 is 0 Å². The van der Waals surface area contributed by atoms with Crippen LogP contribution < -0.4 is 0 Å². The second-order valence-corrected chi connectivity index (χ2v) is 6.94. The number of hydrogen-bond donors (Lipinski definition) is 0. The van der Waals surface area contributed by atoms with Gasteiger partial charge in [-0.2, -0.15) is 0 Å². The van der Waals surface area contributed by atoms with Crippen molar-refractivity contribution >= 4 is 28.3 Å². The molecule has 22 heavy (non-hydrogen) atoms. The number of nitrogens with zero attached hydrogens (tertiary/aromatic N) is 3. The van der Waals surface area contributed by atoms with Crippen LogP contribution in [0.2, 0.25) is 0 Å². The summed E-state index contributed by atoms with van der Waals surface area (Å²) in [4.78, 5) is 17.6. The molecular formula is C16H23N3O2S. The molecule has 1 aromatic rings. The van der Waals surface area contributed by atoms with Crippen molar-refractivity contribution in [1.82, 2.24) is 4.90 Å². The second-order valence-electron chi connectivity index (χ2n) is 5.95. The summed E-state index contributed by atoms with van der Waals surface area (Å²) in [7, 11) is 2.09. The summed E-state index contributed by atoms with van der Waals surface area (Å²) in [6.45, 7) is 8.11. The van der Waals surface area contributed by atoms with Gasteiger partial charge in [-0.3, -0.25) is 10.1 Å². The molecule has 1 aliphatic rings. The molecule has 1 unspecified atom stereocenters. The van der Waals surface area contributed by atoms with Crippen LogP contribution in [0.3, 0.4) is 0 Å². The van der Waals surface area contributed by atoms with Gasteiger partial charge in [-0.1, -0.05) is 32.0 Å². The molecule has 1 fully saturated rings. The Bertz CT molecular complexity index is 616. The SMILES string of the molecule is CCC(C)[C@H]1CSC(=Nc2cc(C)c([N+](=O)[O-])cc2C)N1C. The normalized spacial score (nSPS) is 21.4. The van der Waals surface area contributed by atoms with Gasteiger partial charge in [0.25, 0.3) is 5.69 Å². The lowest BCUT2D eigenvalue weighted by molar-refractivity contribution is -0.385. The molecule has 0 aromatic heterocycles. The predicted octanol–water partition coefficient (Wildman–Crippen LogP) is 4.29. The Morgan fingerprint density at radius 2 is 2.14 bits per heavy atom. The monoisotopic (exact) mass is 321 g/mol. The zero-order chi connectivity index (χ0) is 16.4. The molecule has 120 valence electrons. The zero-order valence-corrected chi connectivity index (χ0v) is 14.6. The number of nitro groups is 1. The maximum Gasteiger partial charge on any atom is 0.272 e. The highest BCUT2D eigenvalue weighted by Gasteiger charge is 2.30. The number of nitro benzene ring substituents is 1. The third-order valence-corrected chi connectivity index (χ3v) is 5.56. The van der Waals surface area contributed by atoms with Crippen molar-refractivity contribution in [3.63, 3.8) is 0 Å². The van der Waals surface area contributed by atoms with Gasteiger partial charge in [-0.15, -0.1) is 0 Å². The van der Waals surface area contributed by atoms with E-state index in [0.29, 0.717) is 17.5 Å². The van der Waals surface area contributed by atoms with E-state index in [0.717, 1.165) is 28.6 Å². The highest BCUT2D eigenvalue weighted by Crippen LogP contribution is 2.33. The van der Waals surface area contributed by atoms with Crippen molar-refractivity contribution < 1.29 is 4.92 Å². The van der Waals surface area contributed by atoms with Crippen molar-refractivity contribution in [2.24, 2.45) is 10.9 Å². The van der Waals surface area contributed by atoms with Crippen LogP contribution >= 0.6 is 11.8 Å². The number of rotatable bonds is 4. The van der Waals surface area contributed by atoms with E-state index in [2.05, 4.69) is 25.8 Å². The fourth-order valence-electron chi connectivity index (χ4n) is 2.65. The minimum absolute atomic E-state index is 0.159. The van der Waals surface area contributed by atoms with Crippen LogP contribution in [0.25, 0.3) is 0 Å². The Morgan fingerprint density at radius 3 is 2.73 bits per heavy atom. The van der Waals surface area contributed by atoms with Crippen molar-refractivity contribution in [3.05, 3.63) is 33.4 Å². The first kappa shape index (κ1) is 16.8. The molecule has 0 spiro atoms. The highest BCUT2D eigenvalue weighted by atomic mass is 32.2. The van der Waals surface area contributed by atoms with Gasteiger partial charge in [0.05, 0.1) is 10.6 Å². The number of thioether (sulfide) groups is 1. The Balaban J connectivity index is 2.31. The lowest BCUT2D eigenvalue weighted by Gasteiger charge is -2.25. The third kappa shape index (κ3) is 3.27. The van der Waals surface area contributed by atoms with Crippen molar-refractivity contribution in [1.29, 1.82) is 0 Å². The Morgan fingerprint density at radius 1 is 1.45 bits per heavy atom. The molecule has 0 saturated carbocycles. The molecule has 1 saturated heterocycles. The maximum absolute atomic E-state index is 11.0. The molecule has 0 aliphatic carbocycles. The number of aliphatic imine (C=N–C) groups is 1. The zero-order valence-electron chi connectivity index (χ0n) is 13.8. The number of aryl methyl sites for hydroxylation is 2. The first-order chi connectivity index (χ1) is 10.3. The lowest BCUT2D eigenvalue weighted by atomic mass is 10.0. The smallest absolute Gasteiger partial charge is 0.272 e. The predicted molar refractivity (Wildman–Crippen MR) is 93.1 cm³/mol. The summed E-state index contributed by atoms with van der Waals surface area (Å²) < 4.78 is 0. The molecule has 0 bridgehead atoms. The van der Waals surface area contributed by atoms with E-state index < -0.39 is 0 Å². The number of hydrogen-bond acceptors (Lipinski definition) is 4. The molecule has 2 atom stereocenters. The van der Waals surface area contributed by atoms with Crippen molar-refractivity contribution in [3.8, 4) is 0 Å². The fourth-order valence-corrected chi connectivity index (χ4v) is 4.02. The fraction of sp³-hybridized carbons (Fsp3) is 0.562. The topological polar surface area (TPSA) is 58.7 Å². The molecule has 2 rings (SSSR count). The summed E-state index contributed by atoms with van der Waals surface area (Å²) >= 11 is 1.76. The molecular weight excluding hydrogens is 298 g/mol. The highest BCUT2D eigenvalue weighted by molar-refractivity contribution is 8.14. The molecule has 0 radical (unpaired) electrons. The molecule has 1 aliphatic heterocycles. The van der Waals surface area contributed by atoms with Gasteiger partial charge in [-0.25, -0.2) is 4.99 Å². The van der Waals surface area contributed by atoms with Crippen LogP contribution in [0.1, 0.15) is 31.4 Å². The summed E-state index contributed by atoms with van der Waals surface area (Å²) in [5, 5.41) is 12.0. The van der Waals surface area contributed by atoms with Gasteiger partial charge in [0.2, 0.25) is 0 Å². The summed E-state index contributed by atoms with van der Waals surface area (Å²) in [5.41, 5.74) is 2.47. The molecule has 0 N–H and O–H groups in total. The van der Waals surface area contributed by atoms with E-state index in [1.165, 1.54) is 0 Å². The Kier molecular flexibility index (Phi) is 5.11. The molecule has 1 aromatic carbocycles. The third-order valence-electron chi connectivity index (χ3n) is 4.41. The second kappa shape index (κ2) is 6.69. The summed E-state index contributed by atoms with van der Waals surface area (Å²) in [6, 6.07) is 3.93. The van der Waals surface area contributed by atoms with Gasteiger partial charge in [-0.05, 0) is 31.4 Å². The minimum Gasteiger partial charge on any atom is -0.350 e. The lowest BCUT2D eigenvalue weighted by Crippen LogP contribution is -2.34. The van der Waals surface area contributed by atoms with E-state index >= 15 is 0 Å². The van der Waals surface area contributed by atoms with E-state index in [4.69, 9.17) is 4.99 Å². The van der Waals surface area contributed by atoms with Crippen LogP contribution in [-0.2, 0) is 0 Å². The largest absolute Gasteiger partial charge is 0.350 e. The summed E-state index contributed by atoms with van der Waals surface area (Å²) in [6.07, 6.45) is 1.15. The quantitative estimate of drug-likeness (QED) is 0.613. The molecule has 5 nitrogen and oxygen atoms in total. The number of amidine groups is 1. The number of benzene rings is 1. The van der Waals surface area contributed by atoms with Gasteiger partial charge in [0.15, 0.2) is 5.17 Å². The van der Waals surface area contributed by atoms with E-state index in [1.807, 2.05) is 13.0 Å². The van der Waals surface area contributed by atoms with Crippen LogP contribution in [0.15, 0.2) is 17.1 Å². The van der Waals surface area contributed by atoms with Crippen molar-refractivity contribution in [2.75, 3.05) is 12.8 Å². The molecule has 1 heterocycles. The van der Waals surface area contributed by atoms with E-state index in [9.17, 15) is 10.1 Å². The van der Waals surface area contributed by atoms with E-state index in [1.54, 1.807) is 24.8 Å².